The van der Waals surface area contributed by atoms with Gasteiger partial charge in [-0.2, -0.15) is 0 Å². The van der Waals surface area contributed by atoms with Gasteiger partial charge in [0.15, 0.2) is 0 Å². The minimum atomic E-state index is -0.111. The second kappa shape index (κ2) is 28.9. The number of ketones is 2. The molecular weight excluding hydrogens is 416 g/mol. The van der Waals surface area contributed by atoms with Gasteiger partial charge in [-0.25, -0.2) is 0 Å². The van der Waals surface area contributed by atoms with E-state index in [9.17, 15) is 9.59 Å². The summed E-state index contributed by atoms with van der Waals surface area (Å²) in [6.07, 6.45) is 9.34. The summed E-state index contributed by atoms with van der Waals surface area (Å²) in [5.74, 6) is 0.741. The van der Waals surface area contributed by atoms with Crippen LogP contribution in [-0.4, -0.2) is 46.7 Å². The number of unbranched alkanes of at least 4 members (excludes halogenated alkanes) is 1. The molecule has 0 radical (unpaired) electrons. The Bertz CT molecular complexity index is 326. The van der Waals surface area contributed by atoms with Gasteiger partial charge >= 0.3 is 0 Å². The molecule has 3 unspecified atom stereocenters. The zero-order chi connectivity index (χ0) is 23.1. The fourth-order valence-electron chi connectivity index (χ4n) is 2.74. The van der Waals surface area contributed by atoms with Crippen molar-refractivity contribution in [1.82, 2.24) is 0 Å². The fourth-order valence-corrected chi connectivity index (χ4v) is 2.74. The van der Waals surface area contributed by atoms with E-state index in [4.69, 9.17) is 15.3 Å². The molecule has 0 heterocycles. The van der Waals surface area contributed by atoms with Gasteiger partial charge in [-0.3, -0.25) is 9.59 Å². The summed E-state index contributed by atoms with van der Waals surface area (Å²) in [4.78, 5) is 22.1. The van der Waals surface area contributed by atoms with Gasteiger partial charge in [0.25, 0.3) is 0 Å². The number of hydrogen-bond donors (Lipinski definition) is 3. The van der Waals surface area contributed by atoms with Crippen LogP contribution in [0.1, 0.15) is 106 Å². The number of Topliss-reactive ketones (excluding diaryl/α,β-unsaturated/α-hetero) is 2. The molecule has 0 aliphatic rings. The van der Waals surface area contributed by atoms with Crippen LogP contribution in [0.3, 0.4) is 0 Å². The number of carbonyl (C=O) groups excluding carboxylic acids is 2. The van der Waals surface area contributed by atoms with Crippen molar-refractivity contribution in [3.63, 3.8) is 0 Å². The summed E-state index contributed by atoms with van der Waals surface area (Å²) in [5.41, 5.74) is 0. The van der Waals surface area contributed by atoms with Crippen molar-refractivity contribution in [2.75, 3.05) is 19.8 Å². The van der Waals surface area contributed by atoms with E-state index in [0.717, 1.165) is 32.1 Å². The molecule has 0 aromatic heterocycles. The molecule has 0 saturated heterocycles. The van der Waals surface area contributed by atoms with Crippen molar-refractivity contribution in [3.05, 3.63) is 0 Å². The van der Waals surface area contributed by atoms with Gasteiger partial charge in [0, 0.05) is 53.0 Å². The molecule has 0 rings (SSSR count). The van der Waals surface area contributed by atoms with Crippen molar-refractivity contribution in [2.45, 2.75) is 106 Å². The molecule has 0 amide bonds. The molecule has 6 heteroatoms. The topological polar surface area (TPSA) is 94.8 Å². The van der Waals surface area contributed by atoms with Crippen LogP contribution >= 0.6 is 0 Å². The molecule has 0 aliphatic heterocycles. The Balaban J connectivity index is -0.000000167. The Morgan fingerprint density at radius 1 is 0.633 bits per heavy atom. The maximum absolute atomic E-state index is 11.0. The predicted octanol–water partition coefficient (Wildman–Crippen LogP) is 4.94. The van der Waals surface area contributed by atoms with E-state index in [1.165, 1.54) is 19.3 Å². The third-order valence-corrected chi connectivity index (χ3v) is 5.13. The molecule has 0 spiro atoms. The smallest absolute Gasteiger partial charge is 0.138 e. The van der Waals surface area contributed by atoms with Gasteiger partial charge in [-0.1, -0.05) is 60.8 Å². The van der Waals surface area contributed by atoms with E-state index in [-0.39, 0.29) is 58.3 Å². The van der Waals surface area contributed by atoms with E-state index in [0.29, 0.717) is 25.4 Å². The van der Waals surface area contributed by atoms with Crippen molar-refractivity contribution < 1.29 is 46.6 Å². The van der Waals surface area contributed by atoms with Crippen LogP contribution in [0, 0.1) is 17.8 Å². The standard InChI is InChI=1S/2C8H16O2.C8H18O.Ti/c2*1-3-5-8(10)7(4-2)6-9;1-3-5-6-8(4-2)7-9;/h2*7,9H,3-6H2,1-2H3;8-9H,3-7H2,1-2H3;. The second-order valence-electron chi connectivity index (χ2n) is 7.61. The number of carbonyl (C=O) groups is 2. The van der Waals surface area contributed by atoms with Crippen LogP contribution in [0.25, 0.3) is 0 Å². The van der Waals surface area contributed by atoms with Crippen LogP contribution in [0.4, 0.5) is 0 Å². The zero-order valence-corrected chi connectivity index (χ0v) is 22.1. The minimum Gasteiger partial charge on any atom is -0.396 e. The van der Waals surface area contributed by atoms with Gasteiger partial charge in [0.2, 0.25) is 0 Å². The molecule has 3 atom stereocenters. The van der Waals surface area contributed by atoms with Gasteiger partial charge in [0.1, 0.15) is 11.6 Å². The molecule has 5 nitrogen and oxygen atoms in total. The summed E-state index contributed by atoms with van der Waals surface area (Å²) in [6, 6.07) is 0. The maximum atomic E-state index is 11.0. The van der Waals surface area contributed by atoms with Crippen LogP contribution in [0.15, 0.2) is 0 Å². The Morgan fingerprint density at radius 3 is 1.23 bits per heavy atom. The Labute approximate surface area is 201 Å². The monoisotopic (exact) mass is 466 g/mol. The van der Waals surface area contributed by atoms with Crippen LogP contribution in [0.5, 0.6) is 0 Å². The van der Waals surface area contributed by atoms with E-state index in [1.807, 2.05) is 27.7 Å². The summed E-state index contributed by atoms with van der Waals surface area (Å²) in [6.45, 7) is 12.5. The Morgan fingerprint density at radius 2 is 1.03 bits per heavy atom. The zero-order valence-electron chi connectivity index (χ0n) is 20.6. The number of rotatable bonds is 15. The van der Waals surface area contributed by atoms with Crippen molar-refractivity contribution in [2.24, 2.45) is 17.8 Å². The number of aliphatic hydroxyl groups is 3. The molecule has 0 bridgehead atoms. The quantitative estimate of drug-likeness (QED) is 0.297. The van der Waals surface area contributed by atoms with Crippen molar-refractivity contribution in [1.29, 1.82) is 0 Å². The molecule has 3 N–H and O–H groups in total. The van der Waals surface area contributed by atoms with Crippen LogP contribution in [0.2, 0.25) is 0 Å². The molecule has 0 aromatic carbocycles. The predicted molar refractivity (Wildman–Crippen MR) is 122 cm³/mol. The average molecular weight is 467 g/mol. The van der Waals surface area contributed by atoms with Gasteiger partial charge in [-0.05, 0) is 38.0 Å². The largest absolute Gasteiger partial charge is 0.396 e. The minimum absolute atomic E-state index is 0. The Kier molecular flexibility index (Phi) is 35.9. The average Bonchev–Trinajstić information content (AvgIpc) is 2.72. The van der Waals surface area contributed by atoms with E-state index >= 15 is 0 Å². The molecule has 0 fully saturated rings. The van der Waals surface area contributed by atoms with E-state index in [1.54, 1.807) is 0 Å². The van der Waals surface area contributed by atoms with E-state index in [2.05, 4.69) is 13.8 Å². The first-order chi connectivity index (χ1) is 13.9. The third kappa shape index (κ3) is 22.6. The van der Waals surface area contributed by atoms with Crippen LogP contribution in [-0.2, 0) is 31.3 Å². The first kappa shape index (κ1) is 37.3. The molecule has 180 valence electrons. The van der Waals surface area contributed by atoms with Gasteiger partial charge in [0.05, 0.1) is 13.2 Å². The second-order valence-corrected chi connectivity index (χ2v) is 7.61. The summed E-state index contributed by atoms with van der Waals surface area (Å²) in [5, 5.41) is 26.2. The first-order valence-corrected chi connectivity index (χ1v) is 11.7. The first-order valence-electron chi connectivity index (χ1n) is 11.7. The summed E-state index contributed by atoms with van der Waals surface area (Å²) in [7, 11) is 0. The molecule has 0 aromatic rings. The maximum Gasteiger partial charge on any atom is 0.138 e. The summed E-state index contributed by atoms with van der Waals surface area (Å²) >= 11 is 0. The van der Waals surface area contributed by atoms with Gasteiger partial charge < -0.3 is 15.3 Å². The Hall–Kier alpha value is -0.0657. The molecular formula is C24H50O5Ti. The normalized spacial score (nSPS) is 12.8. The number of aliphatic hydroxyl groups excluding tert-OH is 3. The summed E-state index contributed by atoms with van der Waals surface area (Å²) < 4.78 is 0. The van der Waals surface area contributed by atoms with Gasteiger partial charge in [-0.15, -0.1) is 0 Å². The molecule has 0 aliphatic carbocycles. The fraction of sp³-hybridized carbons (Fsp3) is 0.917. The SMILES string of the molecule is CCCC(=O)C(CC)CO.CCCC(=O)C(CC)CO.CCCCC(CC)CO.[Ti]. The van der Waals surface area contributed by atoms with Crippen molar-refractivity contribution in [3.8, 4) is 0 Å². The van der Waals surface area contributed by atoms with Crippen LogP contribution < -0.4 is 0 Å². The number of hydrogen-bond acceptors (Lipinski definition) is 5. The van der Waals surface area contributed by atoms with E-state index < -0.39 is 0 Å². The molecule has 0 saturated carbocycles. The third-order valence-electron chi connectivity index (χ3n) is 5.13. The van der Waals surface area contributed by atoms with Crippen molar-refractivity contribution >= 4 is 11.6 Å². The molecule has 30 heavy (non-hydrogen) atoms.